The molecule has 2 rings (SSSR count). The predicted octanol–water partition coefficient (Wildman–Crippen LogP) is 2.97. The molecule has 0 unspecified atom stereocenters. The molecule has 3 nitrogen and oxygen atoms in total. The number of amides is 1. The quantitative estimate of drug-likeness (QED) is 0.860. The zero-order valence-corrected chi connectivity index (χ0v) is 11.8. The van der Waals surface area contributed by atoms with Crippen LogP contribution in [0.25, 0.3) is 0 Å². The van der Waals surface area contributed by atoms with Gasteiger partial charge in [0.05, 0.1) is 5.56 Å². The summed E-state index contributed by atoms with van der Waals surface area (Å²) in [6, 6.07) is 15.0. The van der Waals surface area contributed by atoms with E-state index in [9.17, 15) is 4.79 Å². The predicted molar refractivity (Wildman–Crippen MR) is 78.5 cm³/mol. The van der Waals surface area contributed by atoms with Gasteiger partial charge in [0, 0.05) is 3.57 Å². The van der Waals surface area contributed by atoms with E-state index in [1.54, 1.807) is 18.2 Å². The summed E-state index contributed by atoms with van der Waals surface area (Å²) < 4.78 is 6.80. The van der Waals surface area contributed by atoms with E-state index in [0.29, 0.717) is 17.9 Å². The van der Waals surface area contributed by atoms with Gasteiger partial charge in [0.25, 0.3) is 5.91 Å². The molecule has 0 saturated carbocycles. The monoisotopic (exact) mass is 353 g/mol. The lowest BCUT2D eigenvalue weighted by Crippen LogP contribution is -2.12. The second kappa shape index (κ2) is 5.86. The Morgan fingerprint density at radius 2 is 1.78 bits per heavy atom. The molecule has 0 aliphatic carbocycles. The topological polar surface area (TPSA) is 52.3 Å². The molecule has 0 bridgehead atoms. The fourth-order valence-electron chi connectivity index (χ4n) is 1.54. The van der Waals surface area contributed by atoms with Crippen LogP contribution in [0.2, 0.25) is 0 Å². The highest BCUT2D eigenvalue weighted by atomic mass is 127. The lowest BCUT2D eigenvalue weighted by molar-refractivity contribution is 0.0996. The SMILES string of the molecule is NC(=O)c1ccccc1OCc1ccc(I)cc1. The number of benzene rings is 2. The van der Waals surface area contributed by atoms with Crippen LogP contribution in [0.4, 0.5) is 0 Å². The van der Waals surface area contributed by atoms with Crippen molar-refractivity contribution in [3.8, 4) is 5.75 Å². The molecule has 0 atom stereocenters. The highest BCUT2D eigenvalue weighted by Gasteiger charge is 2.08. The lowest BCUT2D eigenvalue weighted by Gasteiger charge is -2.09. The van der Waals surface area contributed by atoms with Crippen LogP contribution < -0.4 is 10.5 Å². The van der Waals surface area contributed by atoms with Crippen LogP contribution in [0.1, 0.15) is 15.9 Å². The lowest BCUT2D eigenvalue weighted by atomic mass is 10.2. The van der Waals surface area contributed by atoms with E-state index in [-0.39, 0.29) is 0 Å². The molecule has 2 aromatic rings. The largest absolute Gasteiger partial charge is 0.488 e. The molecule has 1 amide bonds. The fraction of sp³-hybridized carbons (Fsp3) is 0.0714. The highest BCUT2D eigenvalue weighted by molar-refractivity contribution is 14.1. The first-order valence-electron chi connectivity index (χ1n) is 5.43. The first kappa shape index (κ1) is 12.9. The Kier molecular flexibility index (Phi) is 4.19. The van der Waals surface area contributed by atoms with Crippen LogP contribution in [-0.2, 0) is 6.61 Å². The van der Waals surface area contributed by atoms with E-state index in [4.69, 9.17) is 10.5 Å². The van der Waals surface area contributed by atoms with Crippen molar-refractivity contribution in [3.05, 3.63) is 63.2 Å². The molecule has 2 N–H and O–H groups in total. The summed E-state index contributed by atoms with van der Waals surface area (Å²) >= 11 is 2.25. The Morgan fingerprint density at radius 1 is 1.11 bits per heavy atom. The molecule has 92 valence electrons. The van der Waals surface area contributed by atoms with E-state index in [2.05, 4.69) is 22.6 Å². The van der Waals surface area contributed by atoms with Gasteiger partial charge in [-0.2, -0.15) is 0 Å². The summed E-state index contributed by atoms with van der Waals surface area (Å²) in [5, 5.41) is 0. The van der Waals surface area contributed by atoms with E-state index in [1.165, 1.54) is 3.57 Å². The van der Waals surface area contributed by atoms with E-state index < -0.39 is 5.91 Å². The molecular weight excluding hydrogens is 341 g/mol. The first-order chi connectivity index (χ1) is 8.66. The zero-order chi connectivity index (χ0) is 13.0. The number of carbonyl (C=O) groups is 1. The van der Waals surface area contributed by atoms with Gasteiger partial charge >= 0.3 is 0 Å². The van der Waals surface area contributed by atoms with Crippen molar-refractivity contribution in [2.75, 3.05) is 0 Å². The van der Waals surface area contributed by atoms with Crippen LogP contribution in [0.15, 0.2) is 48.5 Å². The molecule has 0 aromatic heterocycles. The third-order valence-corrected chi connectivity index (χ3v) is 3.18. The minimum absolute atomic E-state index is 0.406. The minimum atomic E-state index is -0.479. The van der Waals surface area contributed by atoms with Gasteiger partial charge in [-0.3, -0.25) is 4.79 Å². The van der Waals surface area contributed by atoms with E-state index in [1.807, 2.05) is 30.3 Å². The minimum Gasteiger partial charge on any atom is -0.488 e. The normalized spacial score (nSPS) is 10.1. The summed E-state index contributed by atoms with van der Waals surface area (Å²) in [6.07, 6.45) is 0. The average Bonchev–Trinajstić information content (AvgIpc) is 2.38. The number of halogens is 1. The number of hydrogen-bond acceptors (Lipinski definition) is 2. The summed E-state index contributed by atoms with van der Waals surface area (Å²) in [7, 11) is 0. The van der Waals surface area contributed by atoms with Crippen LogP contribution in [0.3, 0.4) is 0 Å². The number of primary amides is 1. The van der Waals surface area contributed by atoms with Gasteiger partial charge in [-0.15, -0.1) is 0 Å². The maximum atomic E-state index is 11.2. The van der Waals surface area contributed by atoms with Crippen molar-refractivity contribution in [3.63, 3.8) is 0 Å². The summed E-state index contributed by atoms with van der Waals surface area (Å²) in [6.45, 7) is 0.418. The van der Waals surface area contributed by atoms with Crippen molar-refractivity contribution in [1.82, 2.24) is 0 Å². The van der Waals surface area contributed by atoms with Crippen LogP contribution >= 0.6 is 22.6 Å². The first-order valence-corrected chi connectivity index (χ1v) is 6.51. The molecule has 18 heavy (non-hydrogen) atoms. The summed E-state index contributed by atoms with van der Waals surface area (Å²) in [4.78, 5) is 11.2. The highest BCUT2D eigenvalue weighted by Crippen LogP contribution is 2.19. The number of ether oxygens (including phenoxy) is 1. The molecule has 0 saturated heterocycles. The molecule has 0 aliphatic heterocycles. The van der Waals surface area contributed by atoms with E-state index >= 15 is 0 Å². The Labute approximate surface area is 119 Å². The fourth-order valence-corrected chi connectivity index (χ4v) is 1.90. The number of para-hydroxylation sites is 1. The maximum absolute atomic E-state index is 11.2. The smallest absolute Gasteiger partial charge is 0.252 e. The van der Waals surface area contributed by atoms with Gasteiger partial charge in [0.1, 0.15) is 12.4 Å². The summed E-state index contributed by atoms with van der Waals surface area (Å²) in [5.74, 6) is 0.0387. The summed E-state index contributed by atoms with van der Waals surface area (Å²) in [5.41, 5.74) is 6.74. The molecule has 2 aromatic carbocycles. The van der Waals surface area contributed by atoms with Crippen molar-refractivity contribution in [2.24, 2.45) is 5.73 Å². The molecule has 0 fully saturated rings. The number of nitrogens with two attached hydrogens (primary N) is 1. The number of carbonyl (C=O) groups excluding carboxylic acids is 1. The number of rotatable bonds is 4. The van der Waals surface area contributed by atoms with Crippen molar-refractivity contribution in [2.45, 2.75) is 6.61 Å². The third kappa shape index (κ3) is 3.22. The second-order valence-corrected chi connectivity index (χ2v) is 5.02. The Balaban J connectivity index is 2.10. The zero-order valence-electron chi connectivity index (χ0n) is 9.60. The maximum Gasteiger partial charge on any atom is 0.252 e. The van der Waals surface area contributed by atoms with Crippen molar-refractivity contribution in [1.29, 1.82) is 0 Å². The molecule has 0 spiro atoms. The second-order valence-electron chi connectivity index (χ2n) is 3.78. The van der Waals surface area contributed by atoms with Crippen LogP contribution in [-0.4, -0.2) is 5.91 Å². The van der Waals surface area contributed by atoms with Gasteiger partial charge in [0.15, 0.2) is 0 Å². The van der Waals surface area contributed by atoms with Gasteiger partial charge in [-0.05, 0) is 52.4 Å². The Bertz CT molecular complexity index is 552. The Morgan fingerprint density at radius 3 is 2.44 bits per heavy atom. The van der Waals surface area contributed by atoms with Crippen molar-refractivity contribution >= 4 is 28.5 Å². The molecular formula is C14H12INO2. The molecule has 0 heterocycles. The molecule has 0 aliphatic rings. The molecule has 4 heteroatoms. The van der Waals surface area contributed by atoms with E-state index in [0.717, 1.165) is 5.56 Å². The van der Waals surface area contributed by atoms with Gasteiger partial charge < -0.3 is 10.5 Å². The van der Waals surface area contributed by atoms with Gasteiger partial charge in [0.2, 0.25) is 0 Å². The molecule has 0 radical (unpaired) electrons. The Hall–Kier alpha value is -1.56. The number of hydrogen-bond donors (Lipinski definition) is 1. The third-order valence-electron chi connectivity index (χ3n) is 2.46. The van der Waals surface area contributed by atoms with Gasteiger partial charge in [-0.1, -0.05) is 24.3 Å². The van der Waals surface area contributed by atoms with Crippen LogP contribution in [0, 0.1) is 3.57 Å². The van der Waals surface area contributed by atoms with Gasteiger partial charge in [-0.25, -0.2) is 0 Å². The average molecular weight is 353 g/mol. The van der Waals surface area contributed by atoms with Crippen LogP contribution in [0.5, 0.6) is 5.75 Å². The standard InChI is InChI=1S/C14H12INO2/c15-11-7-5-10(6-8-11)9-18-13-4-2-1-3-12(13)14(16)17/h1-8H,9H2,(H2,16,17). The van der Waals surface area contributed by atoms with Crippen molar-refractivity contribution < 1.29 is 9.53 Å².